The molecule has 106 valence electrons. The van der Waals surface area contributed by atoms with Crippen molar-refractivity contribution in [3.05, 3.63) is 0 Å². The Morgan fingerprint density at radius 1 is 1.39 bits per heavy atom. The molecule has 1 aliphatic heterocycles. The number of likely N-dealkylation sites (N-methyl/N-ethyl adjacent to an activating group) is 1. The van der Waals surface area contributed by atoms with E-state index >= 15 is 0 Å². The van der Waals surface area contributed by atoms with Gasteiger partial charge < -0.3 is 4.90 Å². The zero-order valence-corrected chi connectivity index (χ0v) is 10.5. The summed E-state index contributed by atoms with van der Waals surface area (Å²) in [7, 11) is 0. The second-order valence-corrected chi connectivity index (χ2v) is 4.34. The standard InChI is InChI=1S/C11H18F4N2O/c1-3-16(4-2)8-5-6-17(7-8)10(18)11(14,15)9(12)13/h8-9H,3-7H2,1-2H3. The normalized spacial score (nSPS) is 21.1. The topological polar surface area (TPSA) is 23.6 Å². The van der Waals surface area contributed by atoms with Crippen LogP contribution in [-0.4, -0.2) is 60.3 Å². The molecule has 0 aromatic heterocycles. The summed E-state index contributed by atoms with van der Waals surface area (Å²) < 4.78 is 50.1. The van der Waals surface area contributed by atoms with E-state index in [0.29, 0.717) is 6.42 Å². The summed E-state index contributed by atoms with van der Waals surface area (Å²) in [6.45, 7) is 5.57. The molecular formula is C11H18F4N2O. The van der Waals surface area contributed by atoms with Gasteiger partial charge in [-0.15, -0.1) is 0 Å². The molecule has 1 saturated heterocycles. The van der Waals surface area contributed by atoms with Gasteiger partial charge in [-0.25, -0.2) is 8.78 Å². The van der Waals surface area contributed by atoms with Crippen molar-refractivity contribution in [2.75, 3.05) is 26.2 Å². The summed E-state index contributed by atoms with van der Waals surface area (Å²) in [5.74, 6) is -6.33. The van der Waals surface area contributed by atoms with Crippen molar-refractivity contribution < 1.29 is 22.4 Å². The minimum Gasteiger partial charge on any atom is -0.336 e. The fourth-order valence-corrected chi connectivity index (χ4v) is 2.27. The Labute approximate surface area is 104 Å². The van der Waals surface area contributed by atoms with Crippen LogP contribution in [-0.2, 0) is 4.79 Å². The molecular weight excluding hydrogens is 252 g/mol. The van der Waals surface area contributed by atoms with Gasteiger partial charge in [0.2, 0.25) is 0 Å². The molecule has 1 rings (SSSR count). The predicted octanol–water partition coefficient (Wildman–Crippen LogP) is 1.83. The number of nitrogens with zero attached hydrogens (tertiary/aromatic N) is 2. The van der Waals surface area contributed by atoms with Gasteiger partial charge in [0, 0.05) is 19.1 Å². The van der Waals surface area contributed by atoms with E-state index in [1.165, 1.54) is 0 Å². The average molecular weight is 270 g/mol. The van der Waals surface area contributed by atoms with Crippen LogP contribution >= 0.6 is 0 Å². The fraction of sp³-hybridized carbons (Fsp3) is 0.909. The summed E-state index contributed by atoms with van der Waals surface area (Å²) in [6.07, 6.45) is -3.40. The Morgan fingerprint density at radius 2 is 1.94 bits per heavy atom. The molecule has 0 saturated carbocycles. The van der Waals surface area contributed by atoms with E-state index in [-0.39, 0.29) is 19.1 Å². The Bertz CT molecular complexity index is 295. The molecule has 1 aliphatic rings. The van der Waals surface area contributed by atoms with Gasteiger partial charge >= 0.3 is 12.3 Å². The molecule has 7 heteroatoms. The van der Waals surface area contributed by atoms with Crippen LogP contribution in [0.3, 0.4) is 0 Å². The molecule has 1 heterocycles. The quantitative estimate of drug-likeness (QED) is 0.712. The molecule has 3 nitrogen and oxygen atoms in total. The van der Waals surface area contributed by atoms with Crippen molar-refractivity contribution >= 4 is 5.91 Å². The number of halogens is 4. The second-order valence-electron chi connectivity index (χ2n) is 4.34. The number of hydrogen-bond acceptors (Lipinski definition) is 2. The van der Waals surface area contributed by atoms with Crippen molar-refractivity contribution in [2.45, 2.75) is 38.7 Å². The van der Waals surface area contributed by atoms with Crippen molar-refractivity contribution in [3.8, 4) is 0 Å². The third-order valence-corrected chi connectivity index (χ3v) is 3.34. The highest BCUT2D eigenvalue weighted by atomic mass is 19.3. The third-order valence-electron chi connectivity index (χ3n) is 3.34. The van der Waals surface area contributed by atoms with Gasteiger partial charge in [0.15, 0.2) is 0 Å². The van der Waals surface area contributed by atoms with Crippen LogP contribution in [0.1, 0.15) is 20.3 Å². The number of likely N-dealkylation sites (tertiary alicyclic amines) is 1. The number of amides is 1. The van der Waals surface area contributed by atoms with Crippen molar-refractivity contribution in [3.63, 3.8) is 0 Å². The van der Waals surface area contributed by atoms with Gasteiger partial charge in [-0.1, -0.05) is 13.8 Å². The zero-order chi connectivity index (χ0) is 13.9. The highest BCUT2D eigenvalue weighted by Crippen LogP contribution is 2.28. The molecule has 0 aromatic rings. The van der Waals surface area contributed by atoms with Crippen LogP contribution < -0.4 is 0 Å². The third kappa shape index (κ3) is 2.93. The van der Waals surface area contributed by atoms with Crippen molar-refractivity contribution in [1.29, 1.82) is 0 Å². The number of alkyl halides is 4. The molecule has 0 spiro atoms. The maximum absolute atomic E-state index is 12.9. The van der Waals surface area contributed by atoms with Gasteiger partial charge in [-0.2, -0.15) is 8.78 Å². The first-order chi connectivity index (χ1) is 8.34. The van der Waals surface area contributed by atoms with Crippen LogP contribution in [0.25, 0.3) is 0 Å². The summed E-state index contributed by atoms with van der Waals surface area (Å²) in [6, 6.07) is -0.0163. The van der Waals surface area contributed by atoms with Gasteiger partial charge in [0.25, 0.3) is 5.91 Å². The Balaban J connectivity index is 2.64. The van der Waals surface area contributed by atoms with Crippen molar-refractivity contribution in [1.82, 2.24) is 9.80 Å². The van der Waals surface area contributed by atoms with Crippen LogP contribution in [0.4, 0.5) is 17.6 Å². The first-order valence-electron chi connectivity index (χ1n) is 6.03. The maximum Gasteiger partial charge on any atom is 0.383 e. The summed E-state index contributed by atoms with van der Waals surface area (Å²) in [5.41, 5.74) is 0. The molecule has 18 heavy (non-hydrogen) atoms. The number of carbonyl (C=O) groups is 1. The molecule has 0 aromatic carbocycles. The first kappa shape index (κ1) is 15.2. The summed E-state index contributed by atoms with van der Waals surface area (Å²) in [5, 5.41) is 0. The van der Waals surface area contributed by atoms with Gasteiger partial charge in [0.1, 0.15) is 0 Å². The fourth-order valence-electron chi connectivity index (χ4n) is 2.27. The Hall–Kier alpha value is -0.850. The maximum atomic E-state index is 12.9. The molecule has 0 N–H and O–H groups in total. The van der Waals surface area contributed by atoms with E-state index in [1.54, 1.807) is 0 Å². The van der Waals surface area contributed by atoms with Crippen LogP contribution in [0.15, 0.2) is 0 Å². The van der Waals surface area contributed by atoms with E-state index in [4.69, 9.17) is 0 Å². The van der Waals surface area contributed by atoms with E-state index in [9.17, 15) is 22.4 Å². The zero-order valence-electron chi connectivity index (χ0n) is 10.5. The number of rotatable bonds is 5. The smallest absolute Gasteiger partial charge is 0.336 e. The summed E-state index contributed by atoms with van der Waals surface area (Å²) in [4.78, 5) is 14.2. The molecule has 1 atom stereocenters. The summed E-state index contributed by atoms with van der Waals surface area (Å²) >= 11 is 0. The van der Waals surface area contributed by atoms with E-state index in [1.807, 2.05) is 18.7 Å². The van der Waals surface area contributed by atoms with E-state index in [0.717, 1.165) is 18.0 Å². The number of hydrogen-bond donors (Lipinski definition) is 0. The molecule has 1 amide bonds. The lowest BCUT2D eigenvalue weighted by atomic mass is 10.2. The average Bonchev–Trinajstić information content (AvgIpc) is 2.78. The lowest BCUT2D eigenvalue weighted by molar-refractivity contribution is -0.179. The van der Waals surface area contributed by atoms with Crippen molar-refractivity contribution in [2.24, 2.45) is 0 Å². The lowest BCUT2D eigenvalue weighted by Gasteiger charge is -2.27. The van der Waals surface area contributed by atoms with Crippen LogP contribution in [0.5, 0.6) is 0 Å². The molecule has 1 fully saturated rings. The molecule has 0 radical (unpaired) electrons. The molecule has 0 bridgehead atoms. The van der Waals surface area contributed by atoms with Gasteiger partial charge in [-0.3, -0.25) is 9.69 Å². The van der Waals surface area contributed by atoms with E-state index < -0.39 is 18.3 Å². The second kappa shape index (κ2) is 5.86. The SMILES string of the molecule is CCN(CC)C1CCN(C(=O)C(F)(F)C(F)F)C1. The van der Waals surface area contributed by atoms with E-state index in [2.05, 4.69) is 0 Å². The first-order valence-corrected chi connectivity index (χ1v) is 6.03. The molecule has 1 unspecified atom stereocenters. The highest BCUT2D eigenvalue weighted by Gasteiger charge is 2.52. The predicted molar refractivity (Wildman–Crippen MR) is 58.9 cm³/mol. The minimum atomic E-state index is -4.57. The Kier molecular flexibility index (Phi) is 4.95. The minimum absolute atomic E-state index is 0.0163. The lowest BCUT2D eigenvalue weighted by Crippen LogP contribution is -2.48. The molecule has 0 aliphatic carbocycles. The van der Waals surface area contributed by atoms with Crippen LogP contribution in [0.2, 0.25) is 0 Å². The van der Waals surface area contributed by atoms with Gasteiger partial charge in [-0.05, 0) is 19.5 Å². The largest absolute Gasteiger partial charge is 0.383 e. The Morgan fingerprint density at radius 3 is 2.39 bits per heavy atom. The van der Waals surface area contributed by atoms with Crippen LogP contribution in [0, 0.1) is 0 Å². The highest BCUT2D eigenvalue weighted by molar-refractivity contribution is 5.84. The number of carbonyl (C=O) groups excluding carboxylic acids is 1. The van der Waals surface area contributed by atoms with Gasteiger partial charge in [0.05, 0.1) is 0 Å². The monoisotopic (exact) mass is 270 g/mol.